The highest BCUT2D eigenvalue weighted by Gasteiger charge is 2.28. The van der Waals surface area contributed by atoms with E-state index < -0.39 is 11.9 Å². The molecule has 0 radical (unpaired) electrons. The molecule has 0 bridgehead atoms. The van der Waals surface area contributed by atoms with Crippen molar-refractivity contribution in [1.82, 2.24) is 14.3 Å². The van der Waals surface area contributed by atoms with E-state index in [9.17, 15) is 14.4 Å². The SMILES string of the molecule is CCOC(=O)c1c(NC(=O)c2cn3ccc(C)cc3n2)sc(C(=O)N(CC)CC)c1C. The quantitative estimate of drug-likeness (QED) is 0.560. The molecule has 0 saturated carbocycles. The van der Waals surface area contributed by atoms with Gasteiger partial charge >= 0.3 is 5.97 Å². The molecule has 0 unspecified atom stereocenters. The lowest BCUT2D eigenvalue weighted by molar-refractivity contribution is 0.0527. The number of thiophene rings is 1. The van der Waals surface area contributed by atoms with E-state index in [1.54, 1.807) is 29.3 Å². The minimum absolute atomic E-state index is 0.179. The van der Waals surface area contributed by atoms with Gasteiger partial charge in [-0.1, -0.05) is 0 Å². The molecular formula is C22H26N4O4S. The normalized spacial score (nSPS) is 10.9. The van der Waals surface area contributed by atoms with Crippen molar-refractivity contribution in [2.45, 2.75) is 34.6 Å². The number of anilines is 1. The molecule has 31 heavy (non-hydrogen) atoms. The van der Waals surface area contributed by atoms with Crippen LogP contribution in [0.2, 0.25) is 0 Å². The molecule has 0 aliphatic heterocycles. The summed E-state index contributed by atoms with van der Waals surface area (Å²) in [5.41, 5.74) is 2.60. The minimum Gasteiger partial charge on any atom is -0.462 e. The Bertz CT molecular complexity index is 1140. The predicted octanol–water partition coefficient (Wildman–Crippen LogP) is 3.92. The van der Waals surface area contributed by atoms with Crippen LogP contribution in [-0.4, -0.2) is 51.8 Å². The van der Waals surface area contributed by atoms with E-state index in [0.717, 1.165) is 16.9 Å². The number of aryl methyl sites for hydroxylation is 1. The molecule has 0 saturated heterocycles. The number of esters is 1. The zero-order chi connectivity index (χ0) is 22.7. The molecular weight excluding hydrogens is 416 g/mol. The monoisotopic (exact) mass is 442 g/mol. The van der Waals surface area contributed by atoms with Gasteiger partial charge in [-0.2, -0.15) is 0 Å². The summed E-state index contributed by atoms with van der Waals surface area (Å²) in [4.78, 5) is 44.9. The molecule has 0 aliphatic rings. The molecule has 8 nitrogen and oxygen atoms in total. The lowest BCUT2D eigenvalue weighted by Gasteiger charge is -2.18. The third kappa shape index (κ3) is 4.46. The molecule has 2 amide bonds. The van der Waals surface area contributed by atoms with Crippen LogP contribution in [0.25, 0.3) is 5.65 Å². The number of amides is 2. The van der Waals surface area contributed by atoms with Crippen molar-refractivity contribution in [2.75, 3.05) is 25.0 Å². The summed E-state index contributed by atoms with van der Waals surface area (Å²) >= 11 is 1.08. The topological polar surface area (TPSA) is 93.0 Å². The number of carbonyl (C=O) groups is 3. The van der Waals surface area contributed by atoms with Gasteiger partial charge in [0.2, 0.25) is 0 Å². The van der Waals surface area contributed by atoms with E-state index in [1.165, 1.54) is 0 Å². The van der Waals surface area contributed by atoms with Crippen LogP contribution in [0.5, 0.6) is 0 Å². The molecule has 0 atom stereocenters. The smallest absolute Gasteiger partial charge is 0.341 e. The summed E-state index contributed by atoms with van der Waals surface area (Å²) in [6.07, 6.45) is 3.45. The number of ether oxygens (including phenoxy) is 1. The Labute approximate surface area is 184 Å². The molecule has 3 aromatic heterocycles. The van der Waals surface area contributed by atoms with E-state index in [-0.39, 0.29) is 28.8 Å². The van der Waals surface area contributed by atoms with Crippen LogP contribution in [0.15, 0.2) is 24.5 Å². The summed E-state index contributed by atoms with van der Waals surface area (Å²) in [6, 6.07) is 3.79. The van der Waals surface area contributed by atoms with E-state index in [4.69, 9.17) is 4.74 Å². The first kappa shape index (κ1) is 22.5. The number of rotatable bonds is 7. The van der Waals surface area contributed by atoms with Crippen molar-refractivity contribution in [1.29, 1.82) is 0 Å². The highest BCUT2D eigenvalue weighted by atomic mass is 32.1. The molecule has 3 rings (SSSR count). The molecule has 1 N–H and O–H groups in total. The molecule has 3 heterocycles. The average Bonchev–Trinajstić information content (AvgIpc) is 3.29. The summed E-state index contributed by atoms with van der Waals surface area (Å²) in [6.45, 7) is 10.4. The van der Waals surface area contributed by atoms with Crippen molar-refractivity contribution < 1.29 is 19.1 Å². The van der Waals surface area contributed by atoms with E-state index >= 15 is 0 Å². The maximum atomic E-state index is 12.9. The molecule has 3 aromatic rings. The molecule has 0 spiro atoms. The zero-order valence-corrected chi connectivity index (χ0v) is 19.1. The standard InChI is InChI=1S/C22H26N4O4S/c1-6-25(7-2)21(28)18-14(5)17(22(29)30-8-3)20(31-18)24-19(27)15-12-26-10-9-13(4)11-16(26)23-15/h9-12H,6-8H2,1-5H3,(H,24,27). The first-order valence-electron chi connectivity index (χ1n) is 10.2. The number of carbonyl (C=O) groups excluding carboxylic acids is 3. The maximum Gasteiger partial charge on any atom is 0.341 e. The fraction of sp³-hybridized carbons (Fsp3) is 0.364. The van der Waals surface area contributed by atoms with Crippen LogP contribution in [0.1, 0.15) is 62.4 Å². The number of pyridine rings is 1. The number of nitrogens with one attached hydrogen (secondary N) is 1. The summed E-state index contributed by atoms with van der Waals surface area (Å²) in [5, 5.41) is 3.05. The van der Waals surface area contributed by atoms with Crippen molar-refractivity contribution in [3.63, 3.8) is 0 Å². The van der Waals surface area contributed by atoms with Gasteiger partial charge in [0.25, 0.3) is 11.8 Å². The van der Waals surface area contributed by atoms with Crippen molar-refractivity contribution >= 4 is 39.8 Å². The first-order chi connectivity index (χ1) is 14.8. The largest absolute Gasteiger partial charge is 0.462 e. The van der Waals surface area contributed by atoms with Gasteiger partial charge in [0.05, 0.1) is 17.0 Å². The minimum atomic E-state index is -0.573. The fourth-order valence-corrected chi connectivity index (χ4v) is 4.43. The lowest BCUT2D eigenvalue weighted by Crippen LogP contribution is -2.30. The molecule has 0 aromatic carbocycles. The van der Waals surface area contributed by atoms with Gasteiger partial charge in [-0.15, -0.1) is 11.3 Å². The Balaban J connectivity index is 1.99. The Morgan fingerprint density at radius 3 is 2.55 bits per heavy atom. The Kier molecular flexibility index (Phi) is 6.74. The number of hydrogen-bond acceptors (Lipinski definition) is 6. The average molecular weight is 443 g/mol. The van der Waals surface area contributed by atoms with Crippen LogP contribution >= 0.6 is 11.3 Å². The Morgan fingerprint density at radius 1 is 1.19 bits per heavy atom. The number of hydrogen-bond donors (Lipinski definition) is 1. The van der Waals surface area contributed by atoms with Gasteiger partial charge in [0.1, 0.15) is 16.3 Å². The summed E-state index contributed by atoms with van der Waals surface area (Å²) in [7, 11) is 0. The van der Waals surface area contributed by atoms with E-state index in [0.29, 0.717) is 29.2 Å². The second-order valence-electron chi connectivity index (χ2n) is 7.01. The van der Waals surface area contributed by atoms with Crippen LogP contribution in [0, 0.1) is 13.8 Å². The van der Waals surface area contributed by atoms with Gasteiger partial charge in [-0.25, -0.2) is 9.78 Å². The van der Waals surface area contributed by atoms with Gasteiger partial charge < -0.3 is 19.4 Å². The van der Waals surface area contributed by atoms with Gasteiger partial charge in [0, 0.05) is 25.5 Å². The number of aromatic nitrogens is 2. The van der Waals surface area contributed by atoms with Crippen LogP contribution in [0.3, 0.4) is 0 Å². The van der Waals surface area contributed by atoms with E-state index in [2.05, 4.69) is 10.3 Å². The van der Waals surface area contributed by atoms with Crippen LogP contribution in [0.4, 0.5) is 5.00 Å². The van der Waals surface area contributed by atoms with Gasteiger partial charge in [0.15, 0.2) is 0 Å². The molecule has 0 aliphatic carbocycles. The second kappa shape index (κ2) is 9.30. The molecule has 164 valence electrons. The highest BCUT2D eigenvalue weighted by molar-refractivity contribution is 7.18. The third-order valence-electron chi connectivity index (χ3n) is 4.95. The first-order valence-corrected chi connectivity index (χ1v) is 11.0. The van der Waals surface area contributed by atoms with Gasteiger partial charge in [-0.3, -0.25) is 9.59 Å². The van der Waals surface area contributed by atoms with Crippen LogP contribution in [-0.2, 0) is 4.74 Å². The van der Waals surface area contributed by atoms with Crippen molar-refractivity contribution in [2.24, 2.45) is 0 Å². The lowest BCUT2D eigenvalue weighted by atomic mass is 10.1. The number of fused-ring (bicyclic) bond motifs is 1. The number of imidazole rings is 1. The highest BCUT2D eigenvalue weighted by Crippen LogP contribution is 2.35. The van der Waals surface area contributed by atoms with Gasteiger partial charge in [-0.05, 0) is 57.9 Å². The Morgan fingerprint density at radius 2 is 1.90 bits per heavy atom. The summed E-state index contributed by atoms with van der Waals surface area (Å²) < 4.78 is 6.93. The summed E-state index contributed by atoms with van der Waals surface area (Å²) in [5.74, 6) is -1.22. The number of nitrogens with zero attached hydrogens (tertiary/aromatic N) is 3. The maximum absolute atomic E-state index is 12.9. The zero-order valence-electron chi connectivity index (χ0n) is 18.3. The van der Waals surface area contributed by atoms with E-state index in [1.807, 2.05) is 39.1 Å². The third-order valence-corrected chi connectivity index (χ3v) is 6.14. The second-order valence-corrected chi connectivity index (χ2v) is 8.03. The fourth-order valence-electron chi connectivity index (χ4n) is 3.27. The van der Waals surface area contributed by atoms with Crippen molar-refractivity contribution in [3.05, 3.63) is 51.8 Å². The Hall–Kier alpha value is -3.20. The predicted molar refractivity (Wildman–Crippen MR) is 120 cm³/mol. The van der Waals surface area contributed by atoms with Crippen molar-refractivity contribution in [3.8, 4) is 0 Å². The molecule has 0 fully saturated rings. The van der Waals surface area contributed by atoms with Crippen LogP contribution < -0.4 is 5.32 Å². The molecule has 9 heteroatoms.